The molecule has 0 unspecified atom stereocenters. The first-order valence-corrected chi connectivity index (χ1v) is 7.79. The van der Waals surface area contributed by atoms with Gasteiger partial charge in [0.15, 0.2) is 0 Å². The summed E-state index contributed by atoms with van der Waals surface area (Å²) in [4.78, 5) is 16.3. The van der Waals surface area contributed by atoms with E-state index in [1.807, 2.05) is 39.8 Å². The summed E-state index contributed by atoms with van der Waals surface area (Å²) < 4.78 is 17.0. The highest BCUT2D eigenvalue weighted by Crippen LogP contribution is 2.37. The van der Waals surface area contributed by atoms with Crippen molar-refractivity contribution in [3.05, 3.63) is 30.0 Å². The van der Waals surface area contributed by atoms with Crippen molar-refractivity contribution in [1.29, 1.82) is 0 Å². The number of esters is 1. The van der Waals surface area contributed by atoms with Crippen LogP contribution in [-0.2, 0) is 14.0 Å². The minimum Gasteiger partial charge on any atom is -0.464 e. The van der Waals surface area contributed by atoms with Crippen molar-refractivity contribution in [1.82, 2.24) is 4.98 Å². The molecule has 0 bridgehead atoms. The van der Waals surface area contributed by atoms with Crippen LogP contribution in [0.2, 0.25) is 0 Å². The van der Waals surface area contributed by atoms with Crippen LogP contribution in [0.15, 0.2) is 24.3 Å². The second-order valence-electron chi connectivity index (χ2n) is 6.92. The van der Waals surface area contributed by atoms with E-state index in [0.717, 1.165) is 5.39 Å². The Bertz CT molecular complexity index is 804. The molecule has 1 fully saturated rings. The molecular formula is C17H21BN2O4. The molecule has 0 saturated carbocycles. The largest absolute Gasteiger partial charge is 0.495 e. The molecule has 0 amide bonds. The summed E-state index contributed by atoms with van der Waals surface area (Å²) in [5, 5.41) is 0.793. The summed E-state index contributed by atoms with van der Waals surface area (Å²) in [6.07, 6.45) is 0. The number of para-hydroxylation sites is 1. The number of anilines is 1. The van der Waals surface area contributed by atoms with Gasteiger partial charge in [-0.3, -0.25) is 0 Å². The summed E-state index contributed by atoms with van der Waals surface area (Å²) in [6.45, 7) is 7.91. The molecular weight excluding hydrogens is 307 g/mol. The number of benzene rings is 1. The van der Waals surface area contributed by atoms with Crippen LogP contribution in [0.25, 0.3) is 10.9 Å². The Balaban J connectivity index is 2.20. The molecule has 1 saturated heterocycles. The highest BCUT2D eigenvalue weighted by atomic mass is 16.7. The monoisotopic (exact) mass is 328 g/mol. The van der Waals surface area contributed by atoms with Crippen molar-refractivity contribution >= 4 is 35.1 Å². The third-order valence-electron chi connectivity index (χ3n) is 4.80. The molecule has 2 N–H and O–H groups in total. The number of pyridine rings is 1. The fourth-order valence-electron chi connectivity index (χ4n) is 2.67. The Morgan fingerprint density at radius 3 is 2.42 bits per heavy atom. The number of nitrogens with zero attached hydrogens (tertiary/aromatic N) is 1. The van der Waals surface area contributed by atoms with E-state index in [9.17, 15) is 4.79 Å². The molecule has 6 nitrogen and oxygen atoms in total. The number of carbonyl (C=O) groups is 1. The standard InChI is InChI=1S/C17H21BN2O4/c1-16(2)17(3,4)24-18(23-16)11-9-13(15(21)22-5)20-14-10(11)7-6-8-12(14)19/h6-9H,19H2,1-5H3. The number of rotatable bonds is 2. The fraction of sp³-hybridized carbons (Fsp3) is 0.412. The maximum atomic E-state index is 12.0. The Kier molecular flexibility index (Phi) is 3.81. The van der Waals surface area contributed by atoms with Crippen molar-refractivity contribution in [2.24, 2.45) is 0 Å². The van der Waals surface area contributed by atoms with Crippen molar-refractivity contribution in [3.63, 3.8) is 0 Å². The van der Waals surface area contributed by atoms with Crippen LogP contribution in [-0.4, -0.2) is 36.4 Å². The summed E-state index contributed by atoms with van der Waals surface area (Å²) in [6, 6.07) is 7.12. The van der Waals surface area contributed by atoms with E-state index in [2.05, 4.69) is 4.98 Å². The molecule has 2 heterocycles. The van der Waals surface area contributed by atoms with Gasteiger partial charge in [-0.15, -0.1) is 0 Å². The molecule has 24 heavy (non-hydrogen) atoms. The molecule has 1 aromatic heterocycles. The van der Waals surface area contributed by atoms with Gasteiger partial charge in [-0.05, 0) is 45.3 Å². The number of hydrogen-bond donors (Lipinski definition) is 1. The van der Waals surface area contributed by atoms with E-state index < -0.39 is 24.3 Å². The number of nitrogens with two attached hydrogens (primary N) is 1. The third kappa shape index (κ3) is 2.54. The Hall–Kier alpha value is -2.12. The first kappa shape index (κ1) is 16.7. The van der Waals surface area contributed by atoms with Crippen molar-refractivity contribution < 1.29 is 18.8 Å². The average Bonchev–Trinajstić information content (AvgIpc) is 2.74. The lowest BCUT2D eigenvalue weighted by atomic mass is 9.76. The topological polar surface area (TPSA) is 83.7 Å². The second-order valence-corrected chi connectivity index (χ2v) is 6.92. The minimum atomic E-state index is -0.620. The fourth-order valence-corrected chi connectivity index (χ4v) is 2.67. The predicted octanol–water partition coefficient (Wildman–Crippen LogP) is 1.90. The zero-order valence-electron chi connectivity index (χ0n) is 14.5. The molecule has 126 valence electrons. The predicted molar refractivity (Wildman–Crippen MR) is 93.2 cm³/mol. The van der Waals surface area contributed by atoms with Crippen LogP contribution >= 0.6 is 0 Å². The molecule has 0 atom stereocenters. The van der Waals surface area contributed by atoms with E-state index in [-0.39, 0.29) is 5.69 Å². The number of ether oxygens (including phenoxy) is 1. The Morgan fingerprint density at radius 1 is 1.21 bits per heavy atom. The highest BCUT2D eigenvalue weighted by molar-refractivity contribution is 6.65. The number of aromatic nitrogens is 1. The van der Waals surface area contributed by atoms with Gasteiger partial charge < -0.3 is 19.8 Å². The maximum Gasteiger partial charge on any atom is 0.495 e. The Morgan fingerprint density at radius 2 is 1.83 bits per heavy atom. The van der Waals surface area contributed by atoms with E-state index >= 15 is 0 Å². The summed E-state index contributed by atoms with van der Waals surface area (Å²) in [5.74, 6) is -0.530. The first-order chi connectivity index (χ1) is 11.2. The minimum absolute atomic E-state index is 0.174. The van der Waals surface area contributed by atoms with Gasteiger partial charge in [0.2, 0.25) is 0 Å². The van der Waals surface area contributed by atoms with Gasteiger partial charge in [-0.2, -0.15) is 0 Å². The van der Waals surface area contributed by atoms with Crippen LogP contribution in [0.1, 0.15) is 38.2 Å². The Labute approximate surface area is 141 Å². The van der Waals surface area contributed by atoms with Gasteiger partial charge in [0, 0.05) is 5.39 Å². The molecule has 1 aliphatic rings. The normalized spacial score (nSPS) is 18.8. The molecule has 0 aliphatic carbocycles. The van der Waals surface area contributed by atoms with Gasteiger partial charge in [0.25, 0.3) is 0 Å². The van der Waals surface area contributed by atoms with Crippen molar-refractivity contribution in [3.8, 4) is 0 Å². The second kappa shape index (κ2) is 5.46. The lowest BCUT2D eigenvalue weighted by Gasteiger charge is -2.32. The quantitative estimate of drug-likeness (QED) is 0.515. The van der Waals surface area contributed by atoms with Gasteiger partial charge >= 0.3 is 13.1 Å². The van der Waals surface area contributed by atoms with Gasteiger partial charge in [0.05, 0.1) is 29.5 Å². The van der Waals surface area contributed by atoms with E-state index in [0.29, 0.717) is 16.7 Å². The van der Waals surface area contributed by atoms with Crippen molar-refractivity contribution in [2.45, 2.75) is 38.9 Å². The molecule has 1 aliphatic heterocycles. The van der Waals surface area contributed by atoms with Crippen LogP contribution in [0, 0.1) is 0 Å². The SMILES string of the molecule is COC(=O)c1cc(B2OC(C)(C)C(C)(C)O2)c2cccc(N)c2n1. The number of nitrogen functional groups attached to an aromatic ring is 1. The van der Waals surface area contributed by atoms with E-state index in [4.69, 9.17) is 19.8 Å². The lowest BCUT2D eigenvalue weighted by molar-refractivity contribution is 0.00578. The zero-order valence-corrected chi connectivity index (χ0v) is 14.5. The maximum absolute atomic E-state index is 12.0. The molecule has 7 heteroatoms. The third-order valence-corrected chi connectivity index (χ3v) is 4.80. The molecule has 0 spiro atoms. The summed E-state index contributed by atoms with van der Waals surface area (Å²) in [5.41, 5.74) is 6.97. The van der Waals surface area contributed by atoms with Crippen LogP contribution < -0.4 is 11.2 Å². The molecule has 3 rings (SSSR count). The lowest BCUT2D eigenvalue weighted by Crippen LogP contribution is -2.41. The van der Waals surface area contributed by atoms with E-state index in [1.165, 1.54) is 7.11 Å². The zero-order chi connectivity index (χ0) is 17.7. The number of carbonyl (C=O) groups excluding carboxylic acids is 1. The average molecular weight is 328 g/mol. The first-order valence-electron chi connectivity index (χ1n) is 7.79. The number of hydrogen-bond acceptors (Lipinski definition) is 6. The van der Waals surface area contributed by atoms with Gasteiger partial charge in [0.1, 0.15) is 5.69 Å². The summed E-state index contributed by atoms with van der Waals surface area (Å²) in [7, 11) is 0.697. The van der Waals surface area contributed by atoms with Crippen molar-refractivity contribution in [2.75, 3.05) is 12.8 Å². The van der Waals surface area contributed by atoms with Gasteiger partial charge in [-0.1, -0.05) is 12.1 Å². The molecule has 1 aromatic carbocycles. The van der Waals surface area contributed by atoms with E-state index in [1.54, 1.807) is 12.1 Å². The van der Waals surface area contributed by atoms with Crippen LogP contribution in [0.5, 0.6) is 0 Å². The van der Waals surface area contributed by atoms with Crippen LogP contribution in [0.4, 0.5) is 5.69 Å². The number of fused-ring (bicyclic) bond motifs is 1. The number of methoxy groups -OCH3 is 1. The van der Waals surface area contributed by atoms with Crippen LogP contribution in [0.3, 0.4) is 0 Å². The smallest absolute Gasteiger partial charge is 0.464 e. The van der Waals surface area contributed by atoms with Gasteiger partial charge in [-0.25, -0.2) is 9.78 Å². The molecule has 2 aromatic rings. The summed E-state index contributed by atoms with van der Waals surface area (Å²) >= 11 is 0. The highest BCUT2D eigenvalue weighted by Gasteiger charge is 2.52. The molecule has 0 radical (unpaired) electrons.